The Morgan fingerprint density at radius 3 is 2.95 bits per heavy atom. The number of rotatable bonds is 6. The minimum absolute atomic E-state index is 0.00231. The fourth-order valence-electron chi connectivity index (χ4n) is 2.06. The average molecular weight is 301 g/mol. The maximum atomic E-state index is 11.9. The lowest BCUT2D eigenvalue weighted by atomic mass is 9.91. The van der Waals surface area contributed by atoms with Gasteiger partial charge in [0.1, 0.15) is 0 Å². The molecule has 6 heteroatoms. The topological polar surface area (TPSA) is 58.6 Å². The first kappa shape index (κ1) is 14.8. The van der Waals surface area contributed by atoms with Gasteiger partial charge < -0.3 is 15.2 Å². The molecule has 2 heterocycles. The smallest absolute Gasteiger partial charge is 0.230 e. The number of amides is 1. The van der Waals surface area contributed by atoms with Crippen LogP contribution in [-0.4, -0.2) is 42.1 Å². The van der Waals surface area contributed by atoms with E-state index in [1.165, 1.54) is 4.88 Å². The van der Waals surface area contributed by atoms with Crippen molar-refractivity contribution in [2.45, 2.75) is 24.1 Å². The van der Waals surface area contributed by atoms with Gasteiger partial charge in [-0.05, 0) is 24.3 Å². The zero-order valence-electron chi connectivity index (χ0n) is 10.8. The van der Waals surface area contributed by atoms with Crippen LogP contribution < -0.4 is 5.32 Å². The quantitative estimate of drug-likeness (QED) is 0.838. The molecular weight excluding hydrogens is 282 g/mol. The predicted octanol–water partition coefficient (Wildman–Crippen LogP) is 1.64. The summed E-state index contributed by atoms with van der Waals surface area (Å²) in [6.45, 7) is 1.18. The number of aliphatic hydroxyl groups is 1. The molecule has 0 bridgehead atoms. The lowest BCUT2D eigenvalue weighted by Gasteiger charge is -2.36. The molecule has 106 valence electrons. The van der Waals surface area contributed by atoms with Crippen LogP contribution in [0, 0.1) is 0 Å². The normalized spacial score (nSPS) is 18.2. The molecule has 1 aromatic heterocycles. The van der Waals surface area contributed by atoms with Crippen molar-refractivity contribution < 1.29 is 14.6 Å². The molecule has 1 aromatic rings. The van der Waals surface area contributed by atoms with Crippen LogP contribution in [0.15, 0.2) is 17.5 Å². The molecule has 19 heavy (non-hydrogen) atoms. The summed E-state index contributed by atoms with van der Waals surface area (Å²) in [5.41, 5.74) is -0.473. The molecule has 0 aromatic carbocycles. The van der Waals surface area contributed by atoms with E-state index in [2.05, 4.69) is 11.4 Å². The number of aliphatic hydroxyl groups excluding tert-OH is 1. The molecule has 0 aliphatic carbocycles. The van der Waals surface area contributed by atoms with E-state index < -0.39 is 5.54 Å². The minimum Gasteiger partial charge on any atom is -0.394 e. The summed E-state index contributed by atoms with van der Waals surface area (Å²) in [4.78, 5) is 13.2. The van der Waals surface area contributed by atoms with Crippen molar-refractivity contribution in [1.29, 1.82) is 0 Å². The third kappa shape index (κ3) is 4.49. The van der Waals surface area contributed by atoms with Gasteiger partial charge in [-0.1, -0.05) is 6.07 Å². The van der Waals surface area contributed by atoms with Gasteiger partial charge in [-0.25, -0.2) is 0 Å². The summed E-state index contributed by atoms with van der Waals surface area (Å²) in [7, 11) is 0. The van der Waals surface area contributed by atoms with E-state index in [1.54, 1.807) is 23.1 Å². The summed E-state index contributed by atoms with van der Waals surface area (Å²) >= 11 is 3.31. The van der Waals surface area contributed by atoms with Crippen molar-refractivity contribution in [3.63, 3.8) is 0 Å². The molecule has 0 unspecified atom stereocenters. The van der Waals surface area contributed by atoms with E-state index in [0.29, 0.717) is 31.8 Å². The number of hydrogen-bond acceptors (Lipinski definition) is 5. The second-order valence-electron chi connectivity index (χ2n) is 4.67. The Labute approximate surface area is 121 Å². The monoisotopic (exact) mass is 301 g/mol. The second-order valence-corrected chi connectivity index (χ2v) is 6.69. The van der Waals surface area contributed by atoms with Crippen molar-refractivity contribution in [2.75, 3.05) is 25.6 Å². The van der Waals surface area contributed by atoms with Crippen molar-refractivity contribution >= 4 is 29.0 Å². The number of carbonyl (C=O) groups is 1. The zero-order valence-corrected chi connectivity index (χ0v) is 12.4. The van der Waals surface area contributed by atoms with Gasteiger partial charge >= 0.3 is 0 Å². The fourth-order valence-corrected chi connectivity index (χ4v) is 3.72. The Hall–Kier alpha value is -0.560. The molecular formula is C13H19NO3S2. The molecule has 1 amide bonds. The van der Waals surface area contributed by atoms with Crippen molar-refractivity contribution in [3.05, 3.63) is 22.4 Å². The van der Waals surface area contributed by atoms with Crippen molar-refractivity contribution in [3.8, 4) is 0 Å². The highest BCUT2D eigenvalue weighted by molar-refractivity contribution is 7.99. The number of thiophene rings is 1. The van der Waals surface area contributed by atoms with Gasteiger partial charge in [0, 0.05) is 23.8 Å². The van der Waals surface area contributed by atoms with Crippen LogP contribution in [0.25, 0.3) is 0 Å². The predicted molar refractivity (Wildman–Crippen MR) is 78.5 cm³/mol. The highest BCUT2D eigenvalue weighted by Gasteiger charge is 2.33. The molecule has 2 N–H and O–H groups in total. The summed E-state index contributed by atoms with van der Waals surface area (Å²) in [5, 5.41) is 14.5. The molecule has 2 rings (SSSR count). The van der Waals surface area contributed by atoms with E-state index in [1.807, 2.05) is 11.4 Å². The van der Waals surface area contributed by atoms with Crippen LogP contribution in [0.2, 0.25) is 0 Å². The van der Waals surface area contributed by atoms with E-state index in [0.717, 1.165) is 5.75 Å². The number of nitrogens with one attached hydrogen (secondary N) is 1. The minimum atomic E-state index is -0.473. The third-order valence-electron chi connectivity index (χ3n) is 3.21. The molecule has 0 saturated carbocycles. The summed E-state index contributed by atoms with van der Waals surface area (Å²) in [6.07, 6.45) is 1.37. The zero-order chi connectivity index (χ0) is 13.6. The fraction of sp³-hybridized carbons (Fsp3) is 0.615. The van der Waals surface area contributed by atoms with Gasteiger partial charge in [-0.2, -0.15) is 0 Å². The van der Waals surface area contributed by atoms with Crippen LogP contribution in [0.1, 0.15) is 17.7 Å². The summed E-state index contributed by atoms with van der Waals surface area (Å²) in [5.74, 6) is 1.29. The van der Waals surface area contributed by atoms with Gasteiger partial charge in [-0.15, -0.1) is 23.1 Å². The first-order chi connectivity index (χ1) is 9.24. The maximum Gasteiger partial charge on any atom is 0.230 e. The summed E-state index contributed by atoms with van der Waals surface area (Å²) in [6, 6.07) is 4.09. The Bertz CT molecular complexity index is 389. The molecule has 0 radical (unpaired) electrons. The van der Waals surface area contributed by atoms with E-state index in [4.69, 9.17) is 4.74 Å². The van der Waals surface area contributed by atoms with E-state index in [-0.39, 0.29) is 12.5 Å². The average Bonchev–Trinajstić information content (AvgIpc) is 2.93. The largest absolute Gasteiger partial charge is 0.394 e. The van der Waals surface area contributed by atoms with Gasteiger partial charge in [0.15, 0.2) is 0 Å². The Balaban J connectivity index is 1.73. The van der Waals surface area contributed by atoms with Crippen molar-refractivity contribution in [2.24, 2.45) is 0 Å². The summed E-state index contributed by atoms with van der Waals surface area (Å²) < 4.78 is 5.27. The molecule has 0 atom stereocenters. The van der Waals surface area contributed by atoms with E-state index in [9.17, 15) is 9.90 Å². The Kier molecular flexibility index (Phi) is 5.69. The standard InChI is InChI=1S/C13H19NO3S2/c15-10-13(3-5-17-6-4-13)14-12(16)9-18-8-11-2-1-7-19-11/h1-2,7,15H,3-6,8-10H2,(H,14,16). The van der Waals surface area contributed by atoms with Crippen LogP contribution >= 0.6 is 23.1 Å². The van der Waals surface area contributed by atoms with Crippen LogP contribution in [0.3, 0.4) is 0 Å². The third-order valence-corrected chi connectivity index (χ3v) is 5.26. The van der Waals surface area contributed by atoms with E-state index >= 15 is 0 Å². The van der Waals surface area contributed by atoms with Gasteiger partial charge in [0.25, 0.3) is 0 Å². The molecule has 1 saturated heterocycles. The highest BCUT2D eigenvalue weighted by atomic mass is 32.2. The SMILES string of the molecule is O=C(CSCc1cccs1)NC1(CO)CCOCC1. The Morgan fingerprint density at radius 1 is 1.53 bits per heavy atom. The Morgan fingerprint density at radius 2 is 2.32 bits per heavy atom. The number of ether oxygens (including phenoxy) is 1. The lowest BCUT2D eigenvalue weighted by Crippen LogP contribution is -2.55. The van der Waals surface area contributed by atoms with Crippen LogP contribution in [-0.2, 0) is 15.3 Å². The second kappa shape index (κ2) is 7.28. The van der Waals surface area contributed by atoms with Crippen LogP contribution in [0.4, 0.5) is 0 Å². The first-order valence-electron chi connectivity index (χ1n) is 6.34. The molecule has 1 aliphatic heterocycles. The van der Waals surface area contributed by atoms with Gasteiger partial charge in [-0.3, -0.25) is 4.79 Å². The van der Waals surface area contributed by atoms with Crippen molar-refractivity contribution in [1.82, 2.24) is 5.32 Å². The maximum absolute atomic E-state index is 11.9. The number of thioether (sulfide) groups is 1. The lowest BCUT2D eigenvalue weighted by molar-refractivity contribution is -0.122. The number of carbonyl (C=O) groups excluding carboxylic acids is 1. The molecule has 1 aliphatic rings. The van der Waals surface area contributed by atoms with Gasteiger partial charge in [0.2, 0.25) is 5.91 Å². The molecule has 1 fully saturated rings. The number of hydrogen-bond donors (Lipinski definition) is 2. The highest BCUT2D eigenvalue weighted by Crippen LogP contribution is 2.21. The molecule has 0 spiro atoms. The molecule has 4 nitrogen and oxygen atoms in total. The first-order valence-corrected chi connectivity index (χ1v) is 8.37. The van der Waals surface area contributed by atoms with Crippen LogP contribution in [0.5, 0.6) is 0 Å². The van der Waals surface area contributed by atoms with Gasteiger partial charge in [0.05, 0.1) is 17.9 Å².